The van der Waals surface area contributed by atoms with E-state index in [1.54, 1.807) is 24.3 Å². The summed E-state index contributed by atoms with van der Waals surface area (Å²) in [4.78, 5) is 11.8. The summed E-state index contributed by atoms with van der Waals surface area (Å²) in [6, 6.07) is 11.6. The van der Waals surface area contributed by atoms with Gasteiger partial charge in [0.2, 0.25) is 0 Å². The lowest BCUT2D eigenvalue weighted by atomic mass is 10.1. The summed E-state index contributed by atoms with van der Waals surface area (Å²) in [6.45, 7) is 1.64. The number of aryl methyl sites for hydroxylation is 1. The Labute approximate surface area is 167 Å². The van der Waals surface area contributed by atoms with E-state index in [-0.39, 0.29) is 11.5 Å². The molecule has 2 aromatic rings. The highest BCUT2D eigenvalue weighted by Crippen LogP contribution is 2.54. The van der Waals surface area contributed by atoms with Crippen molar-refractivity contribution < 1.29 is 22.7 Å². The summed E-state index contributed by atoms with van der Waals surface area (Å²) in [7, 11) is -4.17. The van der Waals surface area contributed by atoms with Crippen LogP contribution >= 0.6 is 31.9 Å². The summed E-state index contributed by atoms with van der Waals surface area (Å²) in [5, 5.41) is 0. The van der Waals surface area contributed by atoms with Gasteiger partial charge in [0.05, 0.1) is 4.90 Å². The molecular weight excluding hydrogens is 490 g/mol. The van der Waals surface area contributed by atoms with Gasteiger partial charge < -0.3 is 9.47 Å². The molecule has 0 N–H and O–H groups in total. The first-order valence-corrected chi connectivity index (χ1v) is 10.8. The number of cyclic esters (lactones) is 1. The second-order valence-electron chi connectivity index (χ2n) is 6.13. The molecule has 6 nitrogen and oxygen atoms in total. The van der Waals surface area contributed by atoms with Crippen molar-refractivity contribution in [1.82, 2.24) is 4.31 Å². The lowest BCUT2D eigenvalue weighted by Crippen LogP contribution is -2.54. The van der Waals surface area contributed by atoms with Crippen molar-refractivity contribution >= 4 is 48.0 Å². The quantitative estimate of drug-likeness (QED) is 0.577. The average molecular weight is 503 g/mol. The molecule has 2 atom stereocenters. The largest absolute Gasteiger partial charge is 0.461 e. The van der Waals surface area contributed by atoms with Crippen molar-refractivity contribution in [3.63, 3.8) is 0 Å². The van der Waals surface area contributed by atoms with E-state index in [0.717, 1.165) is 15.6 Å². The molecule has 0 radical (unpaired) electrons. The van der Waals surface area contributed by atoms with E-state index >= 15 is 0 Å². The summed E-state index contributed by atoms with van der Waals surface area (Å²) in [5.41, 5.74) is 0.140. The normalized spacial score (nSPS) is 24.5. The van der Waals surface area contributed by atoms with Gasteiger partial charge in [-0.15, -0.1) is 0 Å². The van der Waals surface area contributed by atoms with Gasteiger partial charge in [0.1, 0.15) is 10.6 Å². The van der Waals surface area contributed by atoms with Gasteiger partial charge in [-0.05, 0) is 37.3 Å². The maximum atomic E-state index is 13.2. The maximum absolute atomic E-state index is 13.2. The van der Waals surface area contributed by atoms with Crippen LogP contribution in [0.5, 0.6) is 5.75 Å². The molecule has 0 aliphatic carbocycles. The van der Waals surface area contributed by atoms with Crippen molar-refractivity contribution in [3.8, 4) is 5.75 Å². The van der Waals surface area contributed by atoms with Crippen LogP contribution in [0.15, 0.2) is 51.8 Å². The Morgan fingerprint density at radius 3 is 2.58 bits per heavy atom. The van der Waals surface area contributed by atoms with Gasteiger partial charge in [-0.3, -0.25) is 0 Å². The van der Waals surface area contributed by atoms with Crippen LogP contribution in [0.1, 0.15) is 16.0 Å². The smallest absolute Gasteiger partial charge is 0.427 e. The average Bonchev–Trinajstić information content (AvgIpc) is 3.07. The zero-order valence-corrected chi connectivity index (χ0v) is 17.5. The third kappa shape index (κ3) is 2.48. The fourth-order valence-corrected chi connectivity index (χ4v) is 5.94. The number of fused-ring (bicyclic) bond motifs is 1. The Balaban J connectivity index is 1.83. The third-order valence-electron chi connectivity index (χ3n) is 4.40. The van der Waals surface area contributed by atoms with E-state index in [4.69, 9.17) is 9.47 Å². The summed E-state index contributed by atoms with van der Waals surface area (Å²) < 4.78 is 39.0. The summed E-state index contributed by atoms with van der Waals surface area (Å²) >= 11 is 6.91. The van der Waals surface area contributed by atoms with Crippen LogP contribution in [-0.4, -0.2) is 31.1 Å². The highest BCUT2D eigenvalue weighted by atomic mass is 79.9. The number of carbonyl (C=O) groups is 1. The van der Waals surface area contributed by atoms with Crippen LogP contribution < -0.4 is 4.74 Å². The standard InChI is InChI=1S/C17H13Br2NO5S/c1-10-2-5-12(6-3-10)26(22,23)20-16(21)24-9-17(20)15(19)13-8-11(18)4-7-14(13)25-17/h2-8,15H,9H2,1H3/t15-,17-/m0/s1. The number of alkyl halides is 1. The summed E-state index contributed by atoms with van der Waals surface area (Å²) in [5.74, 6) is 0.498. The van der Waals surface area contributed by atoms with E-state index in [0.29, 0.717) is 10.1 Å². The number of halogens is 2. The maximum Gasteiger partial charge on any atom is 0.427 e. The Hall–Kier alpha value is -1.58. The third-order valence-corrected chi connectivity index (χ3v) is 7.91. The number of amides is 1. The second-order valence-corrected chi connectivity index (χ2v) is 9.75. The SMILES string of the molecule is Cc1ccc(S(=O)(=O)N2C(=O)OC[C@@]23Oc2ccc(Br)cc2[C@@H]3Br)cc1. The van der Waals surface area contributed by atoms with Crippen molar-refractivity contribution in [2.75, 3.05) is 6.61 Å². The van der Waals surface area contributed by atoms with E-state index in [9.17, 15) is 13.2 Å². The Morgan fingerprint density at radius 1 is 1.19 bits per heavy atom. The molecule has 0 aromatic heterocycles. The number of sulfonamides is 1. The van der Waals surface area contributed by atoms with Crippen LogP contribution in [0.25, 0.3) is 0 Å². The molecule has 2 heterocycles. The van der Waals surface area contributed by atoms with E-state index < -0.39 is 26.7 Å². The molecule has 1 saturated heterocycles. The minimum absolute atomic E-state index is 0.00163. The Kier molecular flexibility index (Phi) is 4.09. The van der Waals surface area contributed by atoms with Crippen LogP contribution in [0, 0.1) is 6.92 Å². The number of hydrogen-bond donors (Lipinski definition) is 0. The molecule has 1 fully saturated rings. The zero-order chi connectivity index (χ0) is 18.7. The molecule has 9 heteroatoms. The van der Waals surface area contributed by atoms with Crippen LogP contribution in [-0.2, 0) is 14.8 Å². The van der Waals surface area contributed by atoms with Crippen molar-refractivity contribution in [1.29, 1.82) is 0 Å². The second kappa shape index (κ2) is 5.97. The predicted octanol–water partition coefficient (Wildman–Crippen LogP) is 4.12. The first-order valence-electron chi connectivity index (χ1n) is 7.67. The molecule has 136 valence electrons. The highest BCUT2D eigenvalue weighted by molar-refractivity contribution is 9.10. The molecule has 4 rings (SSSR count). The van der Waals surface area contributed by atoms with Crippen molar-refractivity contribution in [3.05, 3.63) is 58.1 Å². The number of benzene rings is 2. The minimum Gasteiger partial charge on any atom is -0.461 e. The molecule has 0 unspecified atom stereocenters. The molecular formula is C17H13Br2NO5S. The van der Waals surface area contributed by atoms with Crippen molar-refractivity contribution in [2.45, 2.75) is 22.4 Å². The highest BCUT2D eigenvalue weighted by Gasteiger charge is 2.63. The van der Waals surface area contributed by atoms with Gasteiger partial charge in [-0.2, -0.15) is 4.31 Å². The van der Waals surface area contributed by atoms with Gasteiger partial charge in [-0.25, -0.2) is 13.2 Å². The number of carbonyl (C=O) groups excluding carboxylic acids is 1. The lowest BCUT2D eigenvalue weighted by Gasteiger charge is -2.32. The summed E-state index contributed by atoms with van der Waals surface area (Å²) in [6.07, 6.45) is -0.957. The van der Waals surface area contributed by atoms with E-state index in [2.05, 4.69) is 31.9 Å². The van der Waals surface area contributed by atoms with E-state index in [1.807, 2.05) is 13.0 Å². The number of ether oxygens (including phenoxy) is 2. The molecule has 26 heavy (non-hydrogen) atoms. The molecule has 1 amide bonds. The topological polar surface area (TPSA) is 72.9 Å². The van der Waals surface area contributed by atoms with Crippen LogP contribution in [0.3, 0.4) is 0 Å². The first-order chi connectivity index (χ1) is 12.3. The fourth-order valence-electron chi connectivity index (χ4n) is 3.10. The van der Waals surface area contributed by atoms with E-state index in [1.165, 1.54) is 12.1 Å². The molecule has 0 saturated carbocycles. The van der Waals surface area contributed by atoms with Gasteiger partial charge in [0.25, 0.3) is 15.7 Å². The number of rotatable bonds is 2. The predicted molar refractivity (Wildman–Crippen MR) is 101 cm³/mol. The van der Waals surface area contributed by atoms with Gasteiger partial charge in [0.15, 0.2) is 6.61 Å². The molecule has 2 aromatic carbocycles. The molecule has 2 aliphatic rings. The van der Waals surface area contributed by atoms with Crippen molar-refractivity contribution in [2.24, 2.45) is 0 Å². The fraction of sp³-hybridized carbons (Fsp3) is 0.235. The zero-order valence-electron chi connectivity index (χ0n) is 13.5. The molecule has 1 spiro atoms. The number of hydrogen-bond acceptors (Lipinski definition) is 5. The minimum atomic E-state index is -4.17. The molecule has 2 aliphatic heterocycles. The van der Waals surface area contributed by atoms with Gasteiger partial charge in [-0.1, -0.05) is 49.6 Å². The van der Waals surface area contributed by atoms with Crippen LogP contribution in [0.4, 0.5) is 4.79 Å². The Bertz CT molecular complexity index is 1010. The van der Waals surface area contributed by atoms with Crippen LogP contribution in [0.2, 0.25) is 0 Å². The molecule has 0 bridgehead atoms. The number of nitrogens with zero attached hydrogens (tertiary/aromatic N) is 1. The Morgan fingerprint density at radius 2 is 1.88 bits per heavy atom. The van der Waals surface area contributed by atoms with Gasteiger partial charge in [0, 0.05) is 10.0 Å². The lowest BCUT2D eigenvalue weighted by molar-refractivity contribution is 0.0193. The first kappa shape index (κ1) is 17.8. The monoisotopic (exact) mass is 501 g/mol. The van der Waals surface area contributed by atoms with Gasteiger partial charge >= 0.3 is 6.09 Å².